The molecule has 2 rings (SSSR count). The highest BCUT2D eigenvalue weighted by Gasteiger charge is 2.17. The Morgan fingerprint density at radius 3 is 1.89 bits per heavy atom. The van der Waals surface area contributed by atoms with Crippen LogP contribution in [0.15, 0.2) is 42.5 Å². The van der Waals surface area contributed by atoms with E-state index in [4.69, 9.17) is 19.3 Å². The summed E-state index contributed by atoms with van der Waals surface area (Å²) in [6, 6.07) is 10.9. The summed E-state index contributed by atoms with van der Waals surface area (Å²) in [5, 5.41) is 9.09. The van der Waals surface area contributed by atoms with Gasteiger partial charge in [-0.15, -0.1) is 0 Å². The summed E-state index contributed by atoms with van der Waals surface area (Å²) in [6.45, 7) is 3.97. The molecule has 0 saturated carbocycles. The lowest BCUT2D eigenvalue weighted by Crippen LogP contribution is -2.13. The molecule has 0 bridgehead atoms. The summed E-state index contributed by atoms with van der Waals surface area (Å²) in [7, 11) is 1.43. The fourth-order valence-corrected chi connectivity index (χ4v) is 2.02. The van der Waals surface area contributed by atoms with Crippen LogP contribution in [0.25, 0.3) is 0 Å². The normalized spacial score (nSPS) is 9.44. The number of phenolic OH excluding ortho intramolecular Hbond substituents is 1. The highest BCUT2D eigenvalue weighted by Crippen LogP contribution is 2.25. The number of hydrogen-bond acceptors (Lipinski definition) is 7. The van der Waals surface area contributed by atoms with E-state index in [1.165, 1.54) is 25.3 Å². The van der Waals surface area contributed by atoms with Crippen molar-refractivity contribution in [3.8, 4) is 11.5 Å². The predicted octanol–water partition coefficient (Wildman–Crippen LogP) is 3.25. The van der Waals surface area contributed by atoms with Gasteiger partial charge in [-0.25, -0.2) is 9.59 Å². The number of aldehydes is 1. The van der Waals surface area contributed by atoms with Crippen molar-refractivity contribution < 1.29 is 33.7 Å². The Bertz CT molecular complexity index is 747. The Morgan fingerprint density at radius 1 is 0.963 bits per heavy atom. The van der Waals surface area contributed by atoms with E-state index in [0.29, 0.717) is 17.6 Å². The molecule has 0 amide bonds. The first kappa shape index (κ1) is 21.7. The summed E-state index contributed by atoms with van der Waals surface area (Å²) in [5.41, 5.74) is 0.963. The van der Waals surface area contributed by atoms with Crippen LogP contribution in [0.2, 0.25) is 0 Å². The van der Waals surface area contributed by atoms with Gasteiger partial charge in [0, 0.05) is 5.56 Å². The summed E-state index contributed by atoms with van der Waals surface area (Å²) in [6.07, 6.45) is 0.696. The Labute approximate surface area is 157 Å². The minimum absolute atomic E-state index is 0.0399. The fraction of sp³-hybridized carbons (Fsp3) is 0.250. The van der Waals surface area contributed by atoms with Crippen molar-refractivity contribution in [2.45, 2.75) is 13.8 Å². The molecule has 0 unspecified atom stereocenters. The fourth-order valence-electron chi connectivity index (χ4n) is 2.02. The lowest BCUT2D eigenvalue weighted by atomic mass is 10.1. The molecule has 0 aliphatic carbocycles. The van der Waals surface area contributed by atoms with Crippen molar-refractivity contribution in [2.75, 3.05) is 20.3 Å². The summed E-state index contributed by atoms with van der Waals surface area (Å²) in [5.74, 6) is -0.662. The van der Waals surface area contributed by atoms with Crippen molar-refractivity contribution in [3.63, 3.8) is 0 Å². The second-order valence-electron chi connectivity index (χ2n) is 5.04. The molecule has 7 heteroatoms. The highest BCUT2D eigenvalue weighted by molar-refractivity contribution is 6.03. The number of phenols is 1. The largest absolute Gasteiger partial charge is 0.504 e. The number of carbonyl (C=O) groups is 3. The maximum absolute atomic E-state index is 11.5. The first-order valence-electron chi connectivity index (χ1n) is 8.23. The van der Waals surface area contributed by atoms with Crippen LogP contribution in [0.4, 0.5) is 0 Å². The topological polar surface area (TPSA) is 99.1 Å². The van der Waals surface area contributed by atoms with Crippen LogP contribution in [0.1, 0.15) is 44.9 Å². The Kier molecular flexibility index (Phi) is 9.08. The summed E-state index contributed by atoms with van der Waals surface area (Å²) >= 11 is 0. The quantitative estimate of drug-likeness (QED) is 0.612. The van der Waals surface area contributed by atoms with E-state index < -0.39 is 11.9 Å². The number of benzene rings is 2. The van der Waals surface area contributed by atoms with Gasteiger partial charge in [-0.1, -0.05) is 12.1 Å². The molecule has 0 atom stereocenters. The number of methoxy groups -OCH3 is 1. The van der Waals surface area contributed by atoms with Crippen LogP contribution < -0.4 is 4.74 Å². The molecule has 0 spiro atoms. The Hall–Kier alpha value is -3.35. The lowest BCUT2D eigenvalue weighted by Gasteiger charge is -2.07. The maximum Gasteiger partial charge on any atom is 0.338 e. The maximum atomic E-state index is 11.5. The van der Waals surface area contributed by atoms with Crippen LogP contribution in [-0.4, -0.2) is 43.7 Å². The van der Waals surface area contributed by atoms with Crippen molar-refractivity contribution in [1.29, 1.82) is 0 Å². The monoisotopic (exact) mass is 374 g/mol. The zero-order valence-electron chi connectivity index (χ0n) is 15.4. The number of carbonyl (C=O) groups excluding carboxylic acids is 3. The zero-order chi connectivity index (χ0) is 20.2. The van der Waals surface area contributed by atoms with Crippen molar-refractivity contribution >= 4 is 18.2 Å². The third kappa shape index (κ3) is 6.47. The summed E-state index contributed by atoms with van der Waals surface area (Å²) in [4.78, 5) is 33.3. The van der Waals surface area contributed by atoms with Gasteiger partial charge in [-0.3, -0.25) is 4.79 Å². The summed E-state index contributed by atoms with van der Waals surface area (Å²) < 4.78 is 14.5. The van der Waals surface area contributed by atoms with Gasteiger partial charge in [0.15, 0.2) is 11.5 Å². The van der Waals surface area contributed by atoms with Gasteiger partial charge < -0.3 is 19.3 Å². The number of aromatic hydroxyl groups is 1. The van der Waals surface area contributed by atoms with Crippen LogP contribution >= 0.6 is 0 Å². The van der Waals surface area contributed by atoms with E-state index in [0.717, 1.165) is 0 Å². The smallest absolute Gasteiger partial charge is 0.338 e. The molecule has 0 radical (unpaired) electrons. The van der Waals surface area contributed by atoms with Crippen LogP contribution in [0, 0.1) is 0 Å². The van der Waals surface area contributed by atoms with Crippen molar-refractivity contribution in [1.82, 2.24) is 0 Å². The second kappa shape index (κ2) is 11.3. The average molecular weight is 374 g/mol. The van der Waals surface area contributed by atoms with E-state index in [1.54, 1.807) is 38.1 Å². The molecular formula is C20H22O7. The lowest BCUT2D eigenvalue weighted by molar-refractivity contribution is 0.0479. The van der Waals surface area contributed by atoms with Gasteiger partial charge in [0.05, 0.1) is 31.5 Å². The molecule has 7 nitrogen and oxygen atoms in total. The van der Waals surface area contributed by atoms with Gasteiger partial charge in [0.2, 0.25) is 0 Å². The van der Waals surface area contributed by atoms with E-state index in [9.17, 15) is 14.4 Å². The minimum Gasteiger partial charge on any atom is -0.504 e. The molecule has 0 heterocycles. The highest BCUT2D eigenvalue weighted by atomic mass is 16.5. The molecule has 0 saturated heterocycles. The number of rotatable bonds is 6. The van der Waals surface area contributed by atoms with Crippen LogP contribution in [-0.2, 0) is 9.47 Å². The Morgan fingerprint density at radius 2 is 1.48 bits per heavy atom. The molecule has 0 aliphatic heterocycles. The van der Waals surface area contributed by atoms with Crippen molar-refractivity contribution in [2.24, 2.45) is 0 Å². The third-order valence-electron chi connectivity index (χ3n) is 3.26. The van der Waals surface area contributed by atoms with E-state index in [-0.39, 0.29) is 30.1 Å². The molecule has 2 aromatic rings. The molecular weight excluding hydrogens is 352 g/mol. The third-order valence-corrected chi connectivity index (χ3v) is 3.26. The molecule has 0 fully saturated rings. The van der Waals surface area contributed by atoms with Crippen molar-refractivity contribution in [3.05, 3.63) is 59.2 Å². The molecule has 0 aromatic heterocycles. The molecule has 2 aromatic carbocycles. The number of esters is 2. The predicted molar refractivity (Wildman–Crippen MR) is 98.4 cm³/mol. The van der Waals surface area contributed by atoms with Gasteiger partial charge in [0.25, 0.3) is 0 Å². The Balaban J connectivity index is 0.000000289. The number of ether oxygens (including phenoxy) is 3. The van der Waals surface area contributed by atoms with Crippen LogP contribution in [0.3, 0.4) is 0 Å². The first-order valence-corrected chi connectivity index (χ1v) is 8.23. The van der Waals surface area contributed by atoms with Gasteiger partial charge in [-0.05, 0) is 44.2 Å². The van der Waals surface area contributed by atoms with E-state index in [1.807, 2.05) is 0 Å². The van der Waals surface area contributed by atoms with Crippen LogP contribution in [0.5, 0.6) is 11.5 Å². The van der Waals surface area contributed by atoms with Gasteiger partial charge in [0.1, 0.15) is 6.29 Å². The molecule has 0 aliphatic rings. The van der Waals surface area contributed by atoms with Gasteiger partial charge in [-0.2, -0.15) is 0 Å². The van der Waals surface area contributed by atoms with E-state index in [2.05, 4.69) is 0 Å². The molecule has 27 heavy (non-hydrogen) atoms. The average Bonchev–Trinajstić information content (AvgIpc) is 2.69. The molecule has 144 valence electrons. The second-order valence-corrected chi connectivity index (χ2v) is 5.04. The molecule has 1 N–H and O–H groups in total. The van der Waals surface area contributed by atoms with Gasteiger partial charge >= 0.3 is 11.9 Å². The minimum atomic E-state index is -0.508. The standard InChI is InChI=1S/C12H14O4.C8H8O3/c1-3-15-11(13)9-7-5-6-8-10(9)12(14)16-4-2;1-11-8-4-6(5-9)2-3-7(8)10/h5-8H,3-4H2,1-2H3;2-5,10H,1H3. The van der Waals surface area contributed by atoms with E-state index >= 15 is 0 Å². The first-order chi connectivity index (χ1) is 13.0. The number of hydrogen-bond donors (Lipinski definition) is 1. The zero-order valence-corrected chi connectivity index (χ0v) is 15.4. The SMILES string of the molecule is CCOC(=O)c1ccccc1C(=O)OCC.COc1cc(C=O)ccc1O.